The monoisotopic (exact) mass is 616 g/mol. The molecule has 0 amide bonds. The van der Waals surface area contributed by atoms with Gasteiger partial charge in [-0.25, -0.2) is 0 Å². The zero-order valence-corrected chi connectivity index (χ0v) is 20.4. The van der Waals surface area contributed by atoms with Gasteiger partial charge < -0.3 is 4.98 Å². The van der Waals surface area contributed by atoms with Gasteiger partial charge in [0, 0.05) is 23.5 Å². The van der Waals surface area contributed by atoms with E-state index in [0.29, 0.717) is 0 Å². The summed E-state index contributed by atoms with van der Waals surface area (Å²) in [5, 5.41) is 6.35. The van der Waals surface area contributed by atoms with Gasteiger partial charge in [-0.3, -0.25) is 9.97 Å². The van der Waals surface area contributed by atoms with Gasteiger partial charge in [0.2, 0.25) is 0 Å². The first-order chi connectivity index (χ1) is 16.3. The maximum absolute atomic E-state index is 5.00. The molecule has 3 aromatic heterocycles. The first-order valence-corrected chi connectivity index (χ1v) is 10.9. The van der Waals surface area contributed by atoms with E-state index in [-0.39, 0.29) is 21.1 Å². The third-order valence-electron chi connectivity index (χ3n) is 5.75. The maximum Gasteiger partial charge on any atom is 2.00 e. The van der Waals surface area contributed by atoms with E-state index in [1.807, 2.05) is 60.8 Å². The molecule has 4 heteroatoms. The van der Waals surface area contributed by atoms with Gasteiger partial charge in [-0.15, -0.1) is 41.3 Å². The summed E-state index contributed by atoms with van der Waals surface area (Å²) in [6.45, 7) is 0. The Morgan fingerprint density at radius 3 is 2.15 bits per heavy atom. The predicted octanol–water partition coefficient (Wildman–Crippen LogP) is 4.86. The number of benzene rings is 3. The topological polar surface area (TPSA) is 39.9 Å². The molecule has 0 atom stereocenters. The Balaban J connectivity index is 0.00000241. The van der Waals surface area contributed by atoms with Crippen molar-refractivity contribution >= 4 is 33.7 Å². The second-order valence-corrected chi connectivity index (χ2v) is 7.87. The van der Waals surface area contributed by atoms with Crippen LogP contribution in [0.25, 0.3) is 45.0 Å². The van der Waals surface area contributed by atoms with E-state index in [9.17, 15) is 0 Å². The molecule has 0 radical (unpaired) electrons. The van der Waals surface area contributed by atoms with Gasteiger partial charge in [0.25, 0.3) is 0 Å². The Labute approximate surface area is 211 Å². The first kappa shape index (κ1) is 22.0. The summed E-state index contributed by atoms with van der Waals surface area (Å²) >= 11 is 0. The van der Waals surface area contributed by atoms with Crippen molar-refractivity contribution in [3.05, 3.63) is 131 Å². The van der Waals surface area contributed by atoms with Gasteiger partial charge in [0.05, 0.1) is 5.69 Å². The molecule has 3 heterocycles. The number of nitrogens with zero attached hydrogens (tertiary/aromatic N) is 3. The molecule has 0 saturated heterocycles. The standard InChI is InChI=1S/C30H19N3.Pt/c1-2-11-24-22(9-1)15-17-32-28(24)20-30-26-13-4-3-12-25(26)29(33-30)19-21-8-7-10-23(18-21)27-14-5-6-16-31-27;/h1-17,19-20H;/q-2;+2. The molecule has 0 aliphatic heterocycles. The van der Waals surface area contributed by atoms with Crippen LogP contribution >= 0.6 is 0 Å². The van der Waals surface area contributed by atoms with Crippen molar-refractivity contribution < 1.29 is 21.1 Å². The van der Waals surface area contributed by atoms with E-state index in [4.69, 9.17) is 4.98 Å². The molecule has 164 valence electrons. The Morgan fingerprint density at radius 2 is 1.35 bits per heavy atom. The molecule has 0 N–H and O–H groups in total. The molecule has 3 aromatic carbocycles. The van der Waals surface area contributed by atoms with Crippen molar-refractivity contribution in [3.63, 3.8) is 0 Å². The Morgan fingerprint density at radius 1 is 0.618 bits per heavy atom. The second-order valence-electron chi connectivity index (χ2n) is 7.87. The molecule has 0 aliphatic rings. The van der Waals surface area contributed by atoms with Crippen LogP contribution in [-0.2, 0) is 21.1 Å². The molecule has 3 nitrogen and oxygen atoms in total. The van der Waals surface area contributed by atoms with E-state index < -0.39 is 0 Å². The number of rotatable bonds is 3. The number of pyridine rings is 2. The summed E-state index contributed by atoms with van der Waals surface area (Å²) in [4.78, 5) is 14.1. The van der Waals surface area contributed by atoms with Gasteiger partial charge in [-0.1, -0.05) is 66.2 Å². The molecular formula is C30H19N3Pt. The van der Waals surface area contributed by atoms with Crippen molar-refractivity contribution in [2.24, 2.45) is 0 Å². The van der Waals surface area contributed by atoms with Crippen LogP contribution in [0.4, 0.5) is 0 Å². The largest absolute Gasteiger partial charge is 2.00 e. The Kier molecular flexibility index (Phi) is 6.20. The van der Waals surface area contributed by atoms with E-state index >= 15 is 0 Å². The van der Waals surface area contributed by atoms with Gasteiger partial charge in [0.15, 0.2) is 0 Å². The second kappa shape index (κ2) is 9.59. The van der Waals surface area contributed by atoms with Gasteiger partial charge in [-0.05, 0) is 34.4 Å². The molecule has 0 bridgehead atoms. The maximum atomic E-state index is 5.00. The average Bonchev–Trinajstić information content (AvgIpc) is 3.22. The quantitative estimate of drug-likeness (QED) is 0.267. The van der Waals surface area contributed by atoms with Crippen LogP contribution in [0.2, 0.25) is 0 Å². The summed E-state index contributed by atoms with van der Waals surface area (Å²) in [5.41, 5.74) is 3.76. The van der Waals surface area contributed by atoms with Crippen LogP contribution in [0.3, 0.4) is 0 Å². The van der Waals surface area contributed by atoms with Crippen LogP contribution in [-0.4, -0.2) is 9.97 Å². The van der Waals surface area contributed by atoms with Gasteiger partial charge in [-0.2, -0.15) is 5.35 Å². The molecule has 0 saturated carbocycles. The molecule has 0 unspecified atom stereocenters. The van der Waals surface area contributed by atoms with Crippen molar-refractivity contribution in [2.45, 2.75) is 0 Å². The van der Waals surface area contributed by atoms with Crippen LogP contribution < -0.4 is 15.7 Å². The number of hydrogen-bond acceptors (Lipinski definition) is 2. The Bertz CT molecular complexity index is 1710. The predicted molar refractivity (Wildman–Crippen MR) is 134 cm³/mol. The normalized spacial score (nSPS) is 12.2. The van der Waals surface area contributed by atoms with Crippen LogP contribution in [0.1, 0.15) is 11.3 Å². The summed E-state index contributed by atoms with van der Waals surface area (Å²) in [5.74, 6) is 0. The minimum Gasteiger partial charge on any atom is -0.663 e. The van der Waals surface area contributed by atoms with Crippen molar-refractivity contribution in [1.82, 2.24) is 15.0 Å². The summed E-state index contributed by atoms with van der Waals surface area (Å²) in [7, 11) is 0. The fourth-order valence-corrected chi connectivity index (χ4v) is 4.18. The van der Waals surface area contributed by atoms with E-state index in [1.165, 1.54) is 5.39 Å². The van der Waals surface area contributed by atoms with Crippen LogP contribution in [0.15, 0.2) is 103 Å². The van der Waals surface area contributed by atoms with Gasteiger partial charge in [0.1, 0.15) is 0 Å². The van der Waals surface area contributed by atoms with E-state index in [1.54, 1.807) is 6.20 Å². The molecule has 0 spiro atoms. The van der Waals surface area contributed by atoms with Crippen molar-refractivity contribution in [1.29, 1.82) is 0 Å². The molecule has 34 heavy (non-hydrogen) atoms. The van der Waals surface area contributed by atoms with E-state index in [2.05, 4.69) is 64.6 Å². The SMILES string of the molecule is [Pt+2].[c-]1c(C=c2[n-]c(=Cc3nccc4ccccc34)c3ccccc23)cccc1-c1ccccn1. The molecule has 0 aliphatic carbocycles. The average molecular weight is 617 g/mol. The van der Waals surface area contributed by atoms with Crippen LogP contribution in [0.5, 0.6) is 0 Å². The molecule has 6 rings (SSSR count). The summed E-state index contributed by atoms with van der Waals surface area (Å²) in [6.07, 6.45) is 7.82. The van der Waals surface area contributed by atoms with Crippen LogP contribution in [0, 0.1) is 6.07 Å². The zero-order valence-electron chi connectivity index (χ0n) is 18.1. The van der Waals surface area contributed by atoms with Crippen molar-refractivity contribution in [3.8, 4) is 11.3 Å². The number of hydrogen-bond donors (Lipinski definition) is 0. The third-order valence-corrected chi connectivity index (χ3v) is 5.75. The number of aromatic nitrogens is 3. The molecule has 0 fully saturated rings. The first-order valence-electron chi connectivity index (χ1n) is 10.9. The smallest absolute Gasteiger partial charge is 0.663 e. The minimum atomic E-state index is 0. The third kappa shape index (κ3) is 4.23. The fraction of sp³-hybridized carbons (Fsp3) is 0. The van der Waals surface area contributed by atoms with Gasteiger partial charge >= 0.3 is 21.1 Å². The zero-order chi connectivity index (χ0) is 22.0. The summed E-state index contributed by atoms with van der Waals surface area (Å²) < 4.78 is 0. The molecule has 6 aromatic rings. The fourth-order valence-electron chi connectivity index (χ4n) is 4.18. The Hall–Kier alpha value is -3.81. The molecular weight excluding hydrogens is 597 g/mol. The minimum absolute atomic E-state index is 0. The van der Waals surface area contributed by atoms with Crippen molar-refractivity contribution in [2.75, 3.05) is 0 Å². The summed E-state index contributed by atoms with van der Waals surface area (Å²) in [6, 6.07) is 34.2. The van der Waals surface area contributed by atoms with E-state index in [0.717, 1.165) is 49.4 Å². The number of fused-ring (bicyclic) bond motifs is 2.